The van der Waals surface area contributed by atoms with Crippen molar-refractivity contribution in [3.8, 4) is 0 Å². The van der Waals surface area contributed by atoms with E-state index in [2.05, 4.69) is 53.1 Å². The first kappa shape index (κ1) is 33.5. The summed E-state index contributed by atoms with van der Waals surface area (Å²) in [6.45, 7) is 8.62. The second-order valence-corrected chi connectivity index (χ2v) is 5.37. The molecule has 0 spiro atoms. The van der Waals surface area contributed by atoms with Crippen molar-refractivity contribution in [3.05, 3.63) is 61.5 Å². The van der Waals surface area contributed by atoms with Crippen molar-refractivity contribution in [2.45, 2.75) is 26.3 Å². The minimum atomic E-state index is -0.250. The van der Waals surface area contributed by atoms with Gasteiger partial charge in [-0.15, -0.1) is 87.4 Å². The molecule has 2 aromatic carbocycles. The first-order chi connectivity index (χ1) is 7.88. The topological polar surface area (TPSA) is 23.8 Å². The Bertz CT molecular complexity index is 452. The summed E-state index contributed by atoms with van der Waals surface area (Å²) < 4.78 is 1.18. The van der Waals surface area contributed by atoms with E-state index < -0.39 is 0 Å². The Kier molecular flexibility index (Phi) is 27.6. The summed E-state index contributed by atoms with van der Waals surface area (Å²) in [4.78, 5) is 0. The van der Waals surface area contributed by atoms with Crippen LogP contribution in [0.4, 0.5) is 0 Å². The van der Waals surface area contributed by atoms with Crippen LogP contribution in [0.5, 0.6) is 0 Å². The van der Waals surface area contributed by atoms with Gasteiger partial charge in [0.1, 0.15) is 0 Å². The molecule has 0 amide bonds. The van der Waals surface area contributed by atoms with Gasteiger partial charge in [0.05, 0.1) is 0 Å². The van der Waals surface area contributed by atoms with Crippen LogP contribution in [0.2, 0.25) is 0 Å². The molecule has 0 aliphatic heterocycles. The third kappa shape index (κ3) is 17.1. The molecule has 2 radical (unpaired) electrons. The average Bonchev–Trinajstić information content (AvgIpc) is 2.62. The Labute approximate surface area is 168 Å². The summed E-state index contributed by atoms with van der Waals surface area (Å²) >= 11 is 4.82. The van der Waals surface area contributed by atoms with Gasteiger partial charge in [0.25, 0.3) is 0 Å². The van der Waals surface area contributed by atoms with E-state index in [4.69, 9.17) is 5.73 Å². The molecule has 1 N–H and O–H groups in total. The molecule has 0 atom stereocenters. The van der Waals surface area contributed by atoms with Gasteiger partial charge >= 0.3 is 30.2 Å². The molecule has 0 saturated carbocycles. The normalized spacial score (nSPS) is 8.00. The van der Waals surface area contributed by atoms with Crippen molar-refractivity contribution in [1.29, 1.82) is 0 Å². The van der Waals surface area contributed by atoms with Crippen LogP contribution in [-0.2, 0) is 23.3 Å². The van der Waals surface area contributed by atoms with Crippen molar-refractivity contribution in [2.24, 2.45) is 0 Å². The second kappa shape index (κ2) is 17.3. The Morgan fingerprint density at radius 2 is 1.48 bits per heavy atom. The van der Waals surface area contributed by atoms with Crippen molar-refractivity contribution >= 4 is 58.4 Å². The molecule has 0 aliphatic rings. The van der Waals surface area contributed by atoms with Crippen LogP contribution >= 0.6 is 40.7 Å². The van der Waals surface area contributed by atoms with Crippen LogP contribution in [-0.4, -0.2) is 12.4 Å². The summed E-state index contributed by atoms with van der Waals surface area (Å²) in [5.74, 6) is 0. The molecule has 2 aromatic rings. The molecule has 0 aliphatic carbocycles. The number of benzene rings is 1. The van der Waals surface area contributed by atoms with Gasteiger partial charge in [-0.3, -0.25) is 0 Å². The number of hydrogen-bond donors (Lipinski definition) is 0. The molecule has 21 heavy (non-hydrogen) atoms. The van der Waals surface area contributed by atoms with Crippen LogP contribution in [0.3, 0.4) is 0 Å². The standard InChI is InChI=1S/C9H6Br.C4H10N.2CH3.2ClH.Si.Zr/c10-9-6-5-7-3-1-2-4-8(7)9;1-4(2,3)5;;;;;;/h1-6H;5H,1-3H3;2*1H3;2*1H;;/q4*-1;;;;. The molecule has 0 heterocycles. The number of fused-ring (bicyclic) bond motifs is 1. The summed E-state index contributed by atoms with van der Waals surface area (Å²) in [5.41, 5.74) is 6.69. The van der Waals surface area contributed by atoms with Gasteiger partial charge in [0, 0.05) is 0 Å². The third-order valence-corrected chi connectivity index (χ3v) is 2.32. The SMILES string of the molecule is Brc1c[cH-]c2ccccc12.CC(C)(C)[NH-].Cl.Cl.[CH3-].[CH3-].[Si]=[Zr]. The fraction of sp³-hybridized carbons (Fsp3) is 0.267. The van der Waals surface area contributed by atoms with Crippen LogP contribution in [0, 0.1) is 14.9 Å². The van der Waals surface area contributed by atoms with E-state index in [-0.39, 0.29) is 45.2 Å². The van der Waals surface area contributed by atoms with E-state index >= 15 is 0 Å². The van der Waals surface area contributed by atoms with Gasteiger partial charge in [0.15, 0.2) is 0 Å². The summed E-state index contributed by atoms with van der Waals surface area (Å²) in [6, 6.07) is 12.5. The zero-order valence-electron chi connectivity index (χ0n) is 13.2. The molecule has 2 rings (SSSR count). The van der Waals surface area contributed by atoms with E-state index in [9.17, 15) is 0 Å². The molecule has 0 fully saturated rings. The Morgan fingerprint density at radius 1 is 1.10 bits per heavy atom. The van der Waals surface area contributed by atoms with Crippen LogP contribution in [0.15, 0.2) is 40.9 Å². The van der Waals surface area contributed by atoms with E-state index in [0.29, 0.717) is 0 Å². The zero-order valence-corrected chi connectivity index (χ0v) is 19.8. The Balaban J connectivity index is -0.0000000695. The van der Waals surface area contributed by atoms with E-state index in [1.807, 2.05) is 26.8 Å². The summed E-state index contributed by atoms with van der Waals surface area (Å²) in [5, 5.41) is 2.59. The number of hydrogen-bond acceptors (Lipinski definition) is 0. The molecule has 122 valence electrons. The molecule has 0 aromatic heterocycles. The van der Waals surface area contributed by atoms with E-state index in [1.165, 1.54) is 38.6 Å². The first-order valence-corrected chi connectivity index (χ1v) is 10.2. The number of rotatable bonds is 0. The summed E-state index contributed by atoms with van der Waals surface area (Å²) in [6.07, 6.45) is 0. The van der Waals surface area contributed by atoms with Crippen molar-refractivity contribution in [2.75, 3.05) is 0 Å². The quantitative estimate of drug-likeness (QED) is 0.298. The predicted molar refractivity (Wildman–Crippen MR) is 104 cm³/mol. The van der Waals surface area contributed by atoms with Gasteiger partial charge in [-0.2, -0.15) is 0 Å². The fourth-order valence-electron chi connectivity index (χ4n) is 1.11. The van der Waals surface area contributed by atoms with Gasteiger partial charge < -0.3 is 20.6 Å². The molecule has 0 saturated heterocycles. The van der Waals surface area contributed by atoms with Crippen molar-refractivity contribution in [3.63, 3.8) is 0 Å². The van der Waals surface area contributed by atoms with E-state index in [1.54, 1.807) is 0 Å². The van der Waals surface area contributed by atoms with Gasteiger partial charge in [0.2, 0.25) is 0 Å². The third-order valence-electron chi connectivity index (χ3n) is 1.63. The zero-order chi connectivity index (χ0) is 13.5. The molecule has 0 unspecified atom stereocenters. The van der Waals surface area contributed by atoms with Crippen LogP contribution in [0.1, 0.15) is 20.8 Å². The maximum absolute atomic E-state index is 6.94. The van der Waals surface area contributed by atoms with E-state index in [0.717, 1.165) is 0 Å². The second-order valence-electron chi connectivity index (χ2n) is 4.52. The molecular formula is C15H24BrCl2NSiZr-4. The van der Waals surface area contributed by atoms with Crippen molar-refractivity contribution < 1.29 is 23.3 Å². The van der Waals surface area contributed by atoms with Gasteiger partial charge in [-0.1, -0.05) is 31.3 Å². The molecular weight excluding hydrogens is 464 g/mol. The number of halogens is 3. The van der Waals surface area contributed by atoms with Crippen LogP contribution < -0.4 is 0 Å². The monoisotopic (exact) mass is 485 g/mol. The molecule has 0 bridgehead atoms. The van der Waals surface area contributed by atoms with Gasteiger partial charge in [-0.25, -0.2) is 0 Å². The fourth-order valence-corrected chi connectivity index (χ4v) is 1.61. The molecule has 6 heteroatoms. The van der Waals surface area contributed by atoms with Crippen molar-refractivity contribution in [1.82, 2.24) is 0 Å². The predicted octanol–water partition coefficient (Wildman–Crippen LogP) is 6.52. The number of nitrogens with one attached hydrogen (secondary N) is 1. The Hall–Kier alpha value is 0.950. The summed E-state index contributed by atoms with van der Waals surface area (Å²) in [7, 11) is 0. The first-order valence-electron chi connectivity index (χ1n) is 5.18. The maximum atomic E-state index is 6.94. The minimum absolute atomic E-state index is 0. The molecule has 1 nitrogen and oxygen atoms in total. The Morgan fingerprint density at radius 3 is 1.86 bits per heavy atom. The van der Waals surface area contributed by atoms with Gasteiger partial charge in [-0.05, 0) is 0 Å². The average molecular weight is 488 g/mol. The van der Waals surface area contributed by atoms with Crippen LogP contribution in [0.25, 0.3) is 16.5 Å².